The molecule has 1 amide bonds. The van der Waals surface area contributed by atoms with Gasteiger partial charge in [0.1, 0.15) is 5.75 Å². The number of rotatable bonds is 9. The van der Waals surface area contributed by atoms with E-state index in [1.54, 1.807) is 18.2 Å². The molecule has 0 saturated carbocycles. The highest BCUT2D eigenvalue weighted by atomic mass is 19.3. The maximum Gasteiger partial charge on any atom is 0.387 e. The number of alkyl halides is 2. The van der Waals surface area contributed by atoms with E-state index in [0.717, 1.165) is 5.56 Å². The summed E-state index contributed by atoms with van der Waals surface area (Å²) in [5, 5.41) is 8.75. The van der Waals surface area contributed by atoms with Crippen molar-refractivity contribution in [3.05, 3.63) is 65.7 Å². The smallest absolute Gasteiger partial charge is 0.387 e. The molecule has 2 aromatic rings. The van der Waals surface area contributed by atoms with Crippen molar-refractivity contribution in [1.82, 2.24) is 16.0 Å². The van der Waals surface area contributed by atoms with E-state index in [9.17, 15) is 13.6 Å². The summed E-state index contributed by atoms with van der Waals surface area (Å²) in [6, 6.07) is 16.1. The number of para-hydroxylation sites is 1. The van der Waals surface area contributed by atoms with E-state index in [4.69, 9.17) is 0 Å². The number of hydrogen-bond donors (Lipinski definition) is 3. The molecule has 3 N–H and O–H groups in total. The molecule has 150 valence electrons. The Morgan fingerprint density at radius 3 is 2.46 bits per heavy atom. The van der Waals surface area contributed by atoms with Gasteiger partial charge in [0.25, 0.3) is 0 Å². The maximum atomic E-state index is 12.5. The maximum absolute atomic E-state index is 12.5. The van der Waals surface area contributed by atoms with Crippen molar-refractivity contribution in [3.63, 3.8) is 0 Å². The van der Waals surface area contributed by atoms with Crippen LogP contribution in [0.25, 0.3) is 0 Å². The number of carbonyl (C=O) groups is 1. The zero-order valence-corrected chi connectivity index (χ0v) is 15.6. The summed E-state index contributed by atoms with van der Waals surface area (Å²) >= 11 is 0. The Balaban J connectivity index is 1.89. The number of benzene rings is 2. The van der Waals surface area contributed by atoms with E-state index in [1.165, 1.54) is 6.07 Å². The van der Waals surface area contributed by atoms with Crippen LogP contribution in [0.1, 0.15) is 18.1 Å². The van der Waals surface area contributed by atoms with Crippen molar-refractivity contribution in [2.45, 2.75) is 26.6 Å². The molecule has 8 heteroatoms. The molecule has 0 bridgehead atoms. The fourth-order valence-corrected chi connectivity index (χ4v) is 2.37. The van der Waals surface area contributed by atoms with Crippen LogP contribution in [0, 0.1) is 0 Å². The van der Waals surface area contributed by atoms with Gasteiger partial charge in [0, 0.05) is 18.7 Å². The number of hydrogen-bond acceptors (Lipinski definition) is 3. The Kier molecular flexibility index (Phi) is 8.71. The normalized spacial score (nSPS) is 11.2. The van der Waals surface area contributed by atoms with Crippen molar-refractivity contribution in [1.29, 1.82) is 0 Å². The second-order valence-corrected chi connectivity index (χ2v) is 5.80. The molecule has 0 aliphatic heterocycles. The number of guanidine groups is 1. The Morgan fingerprint density at radius 1 is 1.04 bits per heavy atom. The predicted octanol–water partition coefficient (Wildman–Crippen LogP) is 2.66. The van der Waals surface area contributed by atoms with Gasteiger partial charge in [-0.05, 0) is 18.6 Å². The summed E-state index contributed by atoms with van der Waals surface area (Å²) < 4.78 is 29.5. The molecule has 2 aromatic carbocycles. The Morgan fingerprint density at radius 2 is 1.75 bits per heavy atom. The van der Waals surface area contributed by atoms with Crippen molar-refractivity contribution in [3.8, 4) is 5.75 Å². The molecule has 0 spiro atoms. The second kappa shape index (κ2) is 11.5. The minimum Gasteiger partial charge on any atom is -0.434 e. The SMILES string of the molecule is CCNC(=NCc1ccccc1OC(F)F)NCC(=O)NCc1ccccc1. The molecule has 0 heterocycles. The Hall–Kier alpha value is -3.16. The van der Waals surface area contributed by atoms with Crippen LogP contribution in [-0.4, -0.2) is 31.6 Å². The minimum atomic E-state index is -2.90. The van der Waals surface area contributed by atoms with Gasteiger partial charge in [0.05, 0.1) is 13.1 Å². The molecule has 0 saturated heterocycles. The summed E-state index contributed by atoms with van der Waals surface area (Å²) in [6.45, 7) is 0.183. The van der Waals surface area contributed by atoms with E-state index in [1.807, 2.05) is 37.3 Å². The van der Waals surface area contributed by atoms with E-state index < -0.39 is 6.61 Å². The van der Waals surface area contributed by atoms with Gasteiger partial charge in [-0.2, -0.15) is 8.78 Å². The average molecular weight is 390 g/mol. The largest absolute Gasteiger partial charge is 0.434 e. The highest BCUT2D eigenvalue weighted by Crippen LogP contribution is 2.20. The summed E-state index contributed by atoms with van der Waals surface area (Å²) in [4.78, 5) is 16.3. The molecule has 2 rings (SSSR count). The molecule has 0 atom stereocenters. The summed E-state index contributed by atoms with van der Waals surface area (Å²) in [5.41, 5.74) is 1.53. The lowest BCUT2D eigenvalue weighted by Gasteiger charge is -2.13. The highest BCUT2D eigenvalue weighted by molar-refractivity contribution is 5.86. The molecule has 0 fully saturated rings. The monoisotopic (exact) mass is 390 g/mol. The minimum absolute atomic E-state index is 0.0356. The van der Waals surface area contributed by atoms with Gasteiger partial charge < -0.3 is 20.7 Å². The first-order valence-electron chi connectivity index (χ1n) is 8.94. The third-order valence-corrected chi connectivity index (χ3v) is 3.69. The van der Waals surface area contributed by atoms with Crippen LogP contribution in [0.3, 0.4) is 0 Å². The van der Waals surface area contributed by atoms with Crippen molar-refractivity contribution < 1.29 is 18.3 Å². The molecular weight excluding hydrogens is 366 g/mol. The van der Waals surface area contributed by atoms with Gasteiger partial charge in [0.15, 0.2) is 5.96 Å². The van der Waals surface area contributed by atoms with Crippen LogP contribution < -0.4 is 20.7 Å². The molecule has 0 radical (unpaired) electrons. The molecular formula is C20H24F2N4O2. The molecule has 0 aliphatic carbocycles. The van der Waals surface area contributed by atoms with Crippen molar-refractivity contribution in [2.24, 2.45) is 4.99 Å². The quantitative estimate of drug-likeness (QED) is 0.455. The molecule has 6 nitrogen and oxygen atoms in total. The second-order valence-electron chi connectivity index (χ2n) is 5.80. The fourth-order valence-electron chi connectivity index (χ4n) is 2.37. The average Bonchev–Trinajstić information content (AvgIpc) is 2.70. The number of carbonyl (C=O) groups excluding carboxylic acids is 1. The lowest BCUT2D eigenvalue weighted by Crippen LogP contribution is -2.43. The van der Waals surface area contributed by atoms with Crippen LogP contribution >= 0.6 is 0 Å². The summed E-state index contributed by atoms with van der Waals surface area (Å²) in [5.74, 6) is 0.304. The van der Waals surface area contributed by atoms with Gasteiger partial charge in [-0.3, -0.25) is 4.79 Å². The number of nitrogens with zero attached hydrogens (tertiary/aromatic N) is 1. The predicted molar refractivity (Wildman–Crippen MR) is 104 cm³/mol. The van der Waals surface area contributed by atoms with Crippen LogP contribution in [0.2, 0.25) is 0 Å². The molecule has 0 unspecified atom stereocenters. The lowest BCUT2D eigenvalue weighted by molar-refractivity contribution is -0.120. The van der Waals surface area contributed by atoms with Crippen LogP contribution in [-0.2, 0) is 17.9 Å². The zero-order valence-electron chi connectivity index (χ0n) is 15.6. The van der Waals surface area contributed by atoms with E-state index in [2.05, 4.69) is 25.7 Å². The number of ether oxygens (including phenoxy) is 1. The van der Waals surface area contributed by atoms with Crippen LogP contribution in [0.5, 0.6) is 5.75 Å². The zero-order chi connectivity index (χ0) is 20.2. The van der Waals surface area contributed by atoms with E-state index in [-0.39, 0.29) is 24.7 Å². The van der Waals surface area contributed by atoms with Gasteiger partial charge >= 0.3 is 6.61 Å². The first-order valence-corrected chi connectivity index (χ1v) is 8.94. The highest BCUT2D eigenvalue weighted by Gasteiger charge is 2.09. The third-order valence-electron chi connectivity index (χ3n) is 3.69. The van der Waals surface area contributed by atoms with Gasteiger partial charge in [-0.15, -0.1) is 0 Å². The fraction of sp³-hybridized carbons (Fsp3) is 0.300. The van der Waals surface area contributed by atoms with Crippen molar-refractivity contribution in [2.75, 3.05) is 13.1 Å². The van der Waals surface area contributed by atoms with Crippen molar-refractivity contribution >= 4 is 11.9 Å². The first-order chi connectivity index (χ1) is 13.6. The number of halogens is 2. The summed E-state index contributed by atoms with van der Waals surface area (Å²) in [7, 11) is 0. The van der Waals surface area contributed by atoms with Gasteiger partial charge in [-0.25, -0.2) is 4.99 Å². The van der Waals surface area contributed by atoms with Crippen LogP contribution in [0.15, 0.2) is 59.6 Å². The number of amides is 1. The third kappa shape index (κ3) is 7.61. The van der Waals surface area contributed by atoms with Gasteiger partial charge in [-0.1, -0.05) is 48.5 Å². The van der Waals surface area contributed by atoms with E-state index >= 15 is 0 Å². The number of nitrogens with one attached hydrogen (secondary N) is 3. The van der Waals surface area contributed by atoms with Crippen LogP contribution in [0.4, 0.5) is 8.78 Å². The van der Waals surface area contributed by atoms with Gasteiger partial charge in [0.2, 0.25) is 5.91 Å². The number of aliphatic imine (C=N–C) groups is 1. The van der Waals surface area contributed by atoms with E-state index in [0.29, 0.717) is 24.6 Å². The Labute approximate surface area is 163 Å². The molecule has 28 heavy (non-hydrogen) atoms. The first kappa shape index (κ1) is 21.1. The topological polar surface area (TPSA) is 74.8 Å². The molecule has 0 aliphatic rings. The lowest BCUT2D eigenvalue weighted by atomic mass is 10.2. The standard InChI is InChI=1S/C20H24F2N4O2/c1-2-23-20(25-13-16-10-6-7-11-17(16)28-19(21)22)26-14-18(27)24-12-15-8-4-3-5-9-15/h3-11,19H,2,12-14H2,1H3,(H,24,27)(H2,23,25,26). The Bertz CT molecular complexity index is 770. The molecule has 0 aromatic heterocycles. The summed E-state index contributed by atoms with van der Waals surface area (Å²) in [6.07, 6.45) is 0.